The number of sulfonamides is 1. The normalized spacial score (nSPS) is 12.7. The van der Waals surface area contributed by atoms with Crippen molar-refractivity contribution in [3.63, 3.8) is 0 Å². The van der Waals surface area contributed by atoms with Crippen LogP contribution in [0.1, 0.15) is 25.0 Å². The van der Waals surface area contributed by atoms with Gasteiger partial charge in [-0.2, -0.15) is 13.2 Å². The largest absolute Gasteiger partial charge is 0.416 e. The number of nitrogens with zero attached hydrogens (tertiary/aromatic N) is 2. The number of hydrogen-bond donors (Lipinski definition) is 1. The van der Waals surface area contributed by atoms with Gasteiger partial charge < -0.3 is 10.2 Å². The van der Waals surface area contributed by atoms with Gasteiger partial charge in [0.15, 0.2) is 0 Å². The van der Waals surface area contributed by atoms with Crippen molar-refractivity contribution in [2.45, 2.75) is 32.6 Å². The third kappa shape index (κ3) is 7.31. The fraction of sp³-hybridized carbons (Fsp3) is 0.364. The van der Waals surface area contributed by atoms with Crippen molar-refractivity contribution in [2.75, 3.05) is 23.7 Å². The van der Waals surface area contributed by atoms with Crippen LogP contribution in [0.3, 0.4) is 0 Å². The number of carbonyl (C=O) groups excluding carboxylic acids is 2. The maximum absolute atomic E-state index is 14.3. The molecule has 0 radical (unpaired) electrons. The maximum atomic E-state index is 14.3. The number of anilines is 1. The van der Waals surface area contributed by atoms with Gasteiger partial charge >= 0.3 is 6.18 Å². The zero-order valence-corrected chi connectivity index (χ0v) is 20.6. The van der Waals surface area contributed by atoms with Crippen LogP contribution in [0.5, 0.6) is 0 Å². The van der Waals surface area contributed by atoms with E-state index in [1.54, 1.807) is 6.92 Å². The molecule has 0 saturated carbocycles. The molecular weight excluding hydrogens is 514 g/mol. The minimum Gasteiger partial charge on any atom is -0.355 e. The lowest BCUT2D eigenvalue weighted by atomic mass is 10.1. The van der Waals surface area contributed by atoms with Gasteiger partial charge in [0.05, 0.1) is 22.5 Å². The summed E-state index contributed by atoms with van der Waals surface area (Å²) in [5.74, 6) is -2.19. The molecule has 2 aromatic rings. The Morgan fingerprint density at radius 2 is 1.77 bits per heavy atom. The molecule has 0 aliphatic heterocycles. The fourth-order valence-electron chi connectivity index (χ4n) is 3.19. The molecule has 13 heteroatoms. The second-order valence-corrected chi connectivity index (χ2v) is 9.93. The van der Waals surface area contributed by atoms with E-state index in [0.29, 0.717) is 22.7 Å². The first kappa shape index (κ1) is 28.4. The Bertz CT molecular complexity index is 1190. The summed E-state index contributed by atoms with van der Waals surface area (Å²) in [7, 11) is -4.31. The predicted molar refractivity (Wildman–Crippen MR) is 124 cm³/mol. The molecular formula is C22H24ClF4N3O4S. The highest BCUT2D eigenvalue weighted by molar-refractivity contribution is 7.92. The van der Waals surface area contributed by atoms with Gasteiger partial charge in [-0.1, -0.05) is 29.8 Å². The lowest BCUT2D eigenvalue weighted by Gasteiger charge is -2.31. The van der Waals surface area contributed by atoms with Crippen LogP contribution in [0.15, 0.2) is 42.5 Å². The van der Waals surface area contributed by atoms with Gasteiger partial charge in [-0.15, -0.1) is 0 Å². The molecule has 35 heavy (non-hydrogen) atoms. The molecule has 1 N–H and O–H groups in total. The molecule has 192 valence electrons. The molecule has 2 amide bonds. The molecule has 0 unspecified atom stereocenters. The van der Waals surface area contributed by atoms with Crippen LogP contribution < -0.4 is 9.62 Å². The van der Waals surface area contributed by atoms with E-state index in [4.69, 9.17) is 11.6 Å². The second-order valence-electron chi connectivity index (χ2n) is 7.62. The van der Waals surface area contributed by atoms with Crippen LogP contribution in [-0.2, 0) is 32.3 Å². The van der Waals surface area contributed by atoms with Crippen molar-refractivity contribution in [2.24, 2.45) is 0 Å². The van der Waals surface area contributed by atoms with Gasteiger partial charge in [0.2, 0.25) is 21.8 Å². The topological polar surface area (TPSA) is 86.8 Å². The summed E-state index contributed by atoms with van der Waals surface area (Å²) < 4.78 is 79.4. The Morgan fingerprint density at radius 1 is 1.14 bits per heavy atom. The minimum absolute atomic E-state index is 0.0556. The number of nitrogens with one attached hydrogen (secondary N) is 1. The SMILES string of the molecule is CCNC(=O)[C@H](C)N(Cc1ccccc1F)C(=O)CN(c1cc(C(F)(F)F)ccc1Cl)S(C)(=O)=O. The maximum Gasteiger partial charge on any atom is 0.416 e. The van der Waals surface area contributed by atoms with Gasteiger partial charge in [-0.3, -0.25) is 13.9 Å². The van der Waals surface area contributed by atoms with Crippen LogP contribution in [-0.4, -0.2) is 50.5 Å². The zero-order chi connectivity index (χ0) is 26.6. The molecule has 0 spiro atoms. The molecule has 2 rings (SSSR count). The van der Waals surface area contributed by atoms with Gasteiger partial charge in [0, 0.05) is 18.7 Å². The van der Waals surface area contributed by atoms with Crippen molar-refractivity contribution >= 4 is 39.1 Å². The number of alkyl halides is 3. The summed E-state index contributed by atoms with van der Waals surface area (Å²) in [4.78, 5) is 26.7. The van der Waals surface area contributed by atoms with E-state index in [0.717, 1.165) is 17.0 Å². The Balaban J connectivity index is 2.51. The van der Waals surface area contributed by atoms with Crippen molar-refractivity contribution in [3.8, 4) is 0 Å². The van der Waals surface area contributed by atoms with Gasteiger partial charge in [-0.05, 0) is 38.1 Å². The molecule has 0 saturated heterocycles. The van der Waals surface area contributed by atoms with Crippen LogP contribution in [0.4, 0.5) is 23.2 Å². The van der Waals surface area contributed by atoms with Crippen molar-refractivity contribution in [1.82, 2.24) is 10.2 Å². The Morgan fingerprint density at radius 3 is 2.31 bits per heavy atom. The highest BCUT2D eigenvalue weighted by Crippen LogP contribution is 2.36. The first-order chi connectivity index (χ1) is 16.2. The number of halogens is 5. The summed E-state index contributed by atoms with van der Waals surface area (Å²) in [6.45, 7) is 1.89. The third-order valence-corrected chi connectivity index (χ3v) is 6.48. The molecule has 2 aromatic carbocycles. The predicted octanol–water partition coefficient (Wildman–Crippen LogP) is 3.82. The van der Waals surface area contributed by atoms with Gasteiger partial charge in [0.1, 0.15) is 18.4 Å². The number of benzene rings is 2. The minimum atomic E-state index is -4.80. The Labute approximate surface area is 205 Å². The summed E-state index contributed by atoms with van der Waals surface area (Å²) in [6.07, 6.45) is -4.10. The number of likely N-dealkylation sites (N-methyl/N-ethyl adjacent to an activating group) is 1. The molecule has 0 heterocycles. The molecule has 0 aromatic heterocycles. The summed E-state index contributed by atoms with van der Waals surface area (Å²) >= 11 is 6.00. The van der Waals surface area contributed by atoms with Crippen molar-refractivity contribution in [1.29, 1.82) is 0 Å². The molecule has 0 aliphatic carbocycles. The first-order valence-electron chi connectivity index (χ1n) is 10.3. The summed E-state index contributed by atoms with van der Waals surface area (Å²) in [5.41, 5.74) is -1.68. The average Bonchev–Trinajstić information content (AvgIpc) is 2.75. The standard InChI is InChI=1S/C22H24ClF4N3O4S/c1-4-28-21(32)14(2)29(12-15-7-5-6-8-18(15)24)20(31)13-30(35(3,33)34)19-11-16(22(25,26)27)9-10-17(19)23/h5-11,14H,4,12-13H2,1-3H3,(H,28,32)/t14-/m0/s1. The van der Waals surface area contributed by atoms with E-state index < -0.39 is 64.2 Å². The number of hydrogen-bond acceptors (Lipinski definition) is 4. The first-order valence-corrected chi connectivity index (χ1v) is 12.5. The van der Waals surface area contributed by atoms with E-state index in [1.807, 2.05) is 0 Å². The summed E-state index contributed by atoms with van der Waals surface area (Å²) in [6, 6.07) is 6.40. The zero-order valence-electron chi connectivity index (χ0n) is 19.1. The van der Waals surface area contributed by atoms with E-state index in [2.05, 4.69) is 5.32 Å². The second kappa shape index (κ2) is 11.3. The number of rotatable bonds is 9. The van der Waals surface area contributed by atoms with E-state index in [9.17, 15) is 35.6 Å². The average molecular weight is 538 g/mol. The van der Waals surface area contributed by atoms with Gasteiger partial charge in [0.25, 0.3) is 0 Å². The van der Waals surface area contributed by atoms with E-state index in [-0.39, 0.29) is 17.1 Å². The number of carbonyl (C=O) groups is 2. The van der Waals surface area contributed by atoms with Crippen molar-refractivity contribution in [3.05, 3.63) is 64.4 Å². The molecule has 0 aliphatic rings. The number of amides is 2. The lowest BCUT2D eigenvalue weighted by Crippen LogP contribution is -2.51. The molecule has 1 atom stereocenters. The third-order valence-electron chi connectivity index (χ3n) is 5.04. The monoisotopic (exact) mass is 537 g/mol. The molecule has 0 bridgehead atoms. The van der Waals surface area contributed by atoms with Crippen LogP contribution in [0.2, 0.25) is 5.02 Å². The Hall–Kier alpha value is -2.86. The van der Waals surface area contributed by atoms with Gasteiger partial charge in [-0.25, -0.2) is 12.8 Å². The van der Waals surface area contributed by atoms with E-state index in [1.165, 1.54) is 25.1 Å². The van der Waals surface area contributed by atoms with E-state index >= 15 is 0 Å². The van der Waals surface area contributed by atoms with Crippen LogP contribution >= 0.6 is 11.6 Å². The molecule has 0 fully saturated rings. The smallest absolute Gasteiger partial charge is 0.355 e. The van der Waals surface area contributed by atoms with Crippen LogP contribution in [0.25, 0.3) is 0 Å². The lowest BCUT2D eigenvalue weighted by molar-refractivity contribution is -0.139. The Kier molecular flexibility index (Phi) is 9.12. The highest BCUT2D eigenvalue weighted by Gasteiger charge is 2.34. The highest BCUT2D eigenvalue weighted by atomic mass is 35.5. The summed E-state index contributed by atoms with van der Waals surface area (Å²) in [5, 5.41) is 2.19. The fourth-order valence-corrected chi connectivity index (χ4v) is 4.31. The quantitative estimate of drug-likeness (QED) is 0.493. The molecule has 7 nitrogen and oxygen atoms in total. The van der Waals surface area contributed by atoms with Crippen LogP contribution in [0, 0.1) is 5.82 Å². The van der Waals surface area contributed by atoms with Crippen molar-refractivity contribution < 1.29 is 35.6 Å².